The van der Waals surface area contributed by atoms with E-state index >= 15 is 0 Å². The van der Waals surface area contributed by atoms with E-state index < -0.39 is 0 Å². The van der Waals surface area contributed by atoms with Gasteiger partial charge in [0.2, 0.25) is 11.8 Å². The van der Waals surface area contributed by atoms with Gasteiger partial charge in [0.1, 0.15) is 0 Å². The summed E-state index contributed by atoms with van der Waals surface area (Å²) in [7, 11) is 0. The molecule has 1 N–H and O–H groups in total. The van der Waals surface area contributed by atoms with E-state index in [1.807, 2.05) is 22.9 Å². The number of amides is 2. The lowest BCUT2D eigenvalue weighted by Gasteiger charge is -2.18. The van der Waals surface area contributed by atoms with Crippen molar-refractivity contribution in [3.05, 3.63) is 48.5 Å². The molecule has 1 unspecified atom stereocenters. The number of hydrogen-bond acceptors (Lipinski definition) is 3. The summed E-state index contributed by atoms with van der Waals surface area (Å²) in [6, 6.07) is 8.05. The van der Waals surface area contributed by atoms with Crippen molar-refractivity contribution >= 4 is 17.5 Å². The average Bonchev–Trinajstić information content (AvgIpc) is 3.31. The highest BCUT2D eigenvalue weighted by Crippen LogP contribution is 2.27. The third-order valence-electron chi connectivity index (χ3n) is 5.05. The molecule has 1 aromatic carbocycles. The number of aromatic nitrogens is 2. The van der Waals surface area contributed by atoms with Crippen molar-refractivity contribution in [2.75, 3.05) is 18.0 Å². The van der Waals surface area contributed by atoms with Gasteiger partial charge in [-0.25, -0.2) is 4.98 Å². The molecule has 1 aliphatic rings. The number of aryl methyl sites for hydroxylation is 1. The van der Waals surface area contributed by atoms with Gasteiger partial charge in [-0.15, -0.1) is 0 Å². The van der Waals surface area contributed by atoms with Crippen LogP contribution in [-0.4, -0.2) is 34.5 Å². The van der Waals surface area contributed by atoms with Gasteiger partial charge in [-0.3, -0.25) is 9.59 Å². The zero-order chi connectivity index (χ0) is 19.2. The Balaban J connectivity index is 1.46. The fourth-order valence-corrected chi connectivity index (χ4v) is 3.38. The minimum atomic E-state index is -0.270. The van der Waals surface area contributed by atoms with E-state index in [-0.39, 0.29) is 24.2 Å². The Morgan fingerprint density at radius 2 is 2.19 bits per heavy atom. The molecular formula is C21H28N4O2. The highest BCUT2D eigenvalue weighted by molar-refractivity contribution is 6.00. The highest BCUT2D eigenvalue weighted by Gasteiger charge is 2.35. The monoisotopic (exact) mass is 368 g/mol. The van der Waals surface area contributed by atoms with Gasteiger partial charge in [0.25, 0.3) is 0 Å². The summed E-state index contributed by atoms with van der Waals surface area (Å²) in [5.41, 5.74) is 2.09. The van der Waals surface area contributed by atoms with Gasteiger partial charge in [-0.1, -0.05) is 26.0 Å². The Bertz CT molecular complexity index is 770. The molecule has 1 aliphatic heterocycles. The second-order valence-corrected chi connectivity index (χ2v) is 7.45. The second-order valence-electron chi connectivity index (χ2n) is 7.45. The molecule has 144 valence electrons. The highest BCUT2D eigenvalue weighted by atomic mass is 16.2. The molecule has 27 heavy (non-hydrogen) atoms. The Kier molecular flexibility index (Phi) is 6.27. The van der Waals surface area contributed by atoms with Crippen LogP contribution < -0.4 is 10.2 Å². The fourth-order valence-electron chi connectivity index (χ4n) is 3.38. The van der Waals surface area contributed by atoms with Crippen molar-refractivity contribution in [2.24, 2.45) is 5.92 Å². The number of carbonyl (C=O) groups excluding carboxylic acids is 2. The van der Waals surface area contributed by atoms with Gasteiger partial charge >= 0.3 is 0 Å². The smallest absolute Gasteiger partial charge is 0.227 e. The van der Waals surface area contributed by atoms with E-state index in [2.05, 4.69) is 36.3 Å². The van der Waals surface area contributed by atoms with Crippen molar-refractivity contribution < 1.29 is 9.59 Å². The Hall–Kier alpha value is -2.63. The zero-order valence-electron chi connectivity index (χ0n) is 16.1. The standard InChI is InChI=1S/C21H28N4O2/c1-16(2)17-6-5-7-19(12-17)25-14-18(13-20(25)26)21(27)23-8-3-4-10-24-11-9-22-15-24/h5-7,9,11-12,15-16,18H,3-4,8,10,13-14H2,1-2H3,(H,23,27). The Labute approximate surface area is 160 Å². The first kappa shape index (κ1) is 19.1. The number of benzene rings is 1. The molecular weight excluding hydrogens is 340 g/mol. The maximum Gasteiger partial charge on any atom is 0.227 e. The minimum absolute atomic E-state index is 0.0199. The van der Waals surface area contributed by atoms with Crippen LogP contribution in [0.3, 0.4) is 0 Å². The Morgan fingerprint density at radius 1 is 1.33 bits per heavy atom. The maximum atomic E-state index is 12.4. The molecule has 0 radical (unpaired) electrons. The SMILES string of the molecule is CC(C)c1cccc(N2CC(C(=O)NCCCCn3ccnc3)CC2=O)c1. The summed E-state index contributed by atoms with van der Waals surface area (Å²) in [5, 5.41) is 2.98. The van der Waals surface area contributed by atoms with E-state index in [9.17, 15) is 9.59 Å². The number of nitrogens with one attached hydrogen (secondary N) is 1. The molecule has 2 amide bonds. The third kappa shape index (κ3) is 4.96. The van der Waals surface area contributed by atoms with Gasteiger partial charge in [0.05, 0.1) is 12.2 Å². The average molecular weight is 368 g/mol. The first-order valence-electron chi connectivity index (χ1n) is 9.68. The van der Waals surface area contributed by atoms with Gasteiger partial charge in [0, 0.05) is 44.1 Å². The number of anilines is 1. The summed E-state index contributed by atoms with van der Waals surface area (Å²) >= 11 is 0. The maximum absolute atomic E-state index is 12.4. The normalized spacial score (nSPS) is 16.9. The zero-order valence-corrected chi connectivity index (χ0v) is 16.1. The summed E-state index contributed by atoms with van der Waals surface area (Å²) in [5.74, 6) is 0.141. The van der Waals surface area contributed by atoms with Gasteiger partial charge in [-0.2, -0.15) is 0 Å². The van der Waals surface area contributed by atoms with Crippen LogP contribution in [0.25, 0.3) is 0 Å². The molecule has 6 heteroatoms. The third-order valence-corrected chi connectivity index (χ3v) is 5.05. The Morgan fingerprint density at radius 3 is 2.93 bits per heavy atom. The molecule has 3 rings (SSSR count). The van der Waals surface area contributed by atoms with E-state index in [1.54, 1.807) is 17.4 Å². The number of hydrogen-bond donors (Lipinski definition) is 1. The van der Waals surface area contributed by atoms with Gasteiger partial charge < -0.3 is 14.8 Å². The molecule has 1 atom stereocenters. The molecule has 6 nitrogen and oxygen atoms in total. The quantitative estimate of drug-likeness (QED) is 0.729. The summed E-state index contributed by atoms with van der Waals surface area (Å²) in [6.07, 6.45) is 7.67. The number of imidazole rings is 1. The van der Waals surface area contributed by atoms with Crippen LogP contribution in [0.2, 0.25) is 0 Å². The van der Waals surface area contributed by atoms with Crippen molar-refractivity contribution in [1.82, 2.24) is 14.9 Å². The van der Waals surface area contributed by atoms with E-state index in [0.717, 1.165) is 25.1 Å². The van der Waals surface area contributed by atoms with Crippen molar-refractivity contribution in [3.63, 3.8) is 0 Å². The van der Waals surface area contributed by atoms with Crippen LogP contribution in [0, 0.1) is 5.92 Å². The second kappa shape index (κ2) is 8.84. The predicted molar refractivity (Wildman–Crippen MR) is 105 cm³/mol. The van der Waals surface area contributed by atoms with Crippen LogP contribution in [-0.2, 0) is 16.1 Å². The van der Waals surface area contributed by atoms with E-state index in [0.29, 0.717) is 19.0 Å². The molecule has 1 aromatic heterocycles. The molecule has 0 saturated carbocycles. The van der Waals surface area contributed by atoms with Crippen LogP contribution in [0.1, 0.15) is 44.6 Å². The van der Waals surface area contributed by atoms with Crippen LogP contribution >= 0.6 is 0 Å². The molecule has 0 spiro atoms. The first-order chi connectivity index (χ1) is 13.0. The van der Waals surface area contributed by atoms with E-state index in [1.165, 1.54) is 5.56 Å². The molecule has 1 saturated heterocycles. The summed E-state index contributed by atoms with van der Waals surface area (Å²) < 4.78 is 2.03. The minimum Gasteiger partial charge on any atom is -0.356 e. The topological polar surface area (TPSA) is 67.2 Å². The van der Waals surface area contributed by atoms with Crippen molar-refractivity contribution in [3.8, 4) is 0 Å². The lowest BCUT2D eigenvalue weighted by atomic mass is 10.0. The number of unbranched alkanes of at least 4 members (excludes halogenated alkanes) is 1. The molecule has 0 bridgehead atoms. The fraction of sp³-hybridized carbons (Fsp3) is 0.476. The first-order valence-corrected chi connectivity index (χ1v) is 9.68. The predicted octanol–water partition coefficient (Wildman–Crippen LogP) is 2.96. The summed E-state index contributed by atoms with van der Waals surface area (Å²) in [6.45, 7) is 6.27. The molecule has 2 aromatic rings. The summed E-state index contributed by atoms with van der Waals surface area (Å²) in [4.78, 5) is 30.6. The van der Waals surface area contributed by atoms with Crippen molar-refractivity contribution in [1.29, 1.82) is 0 Å². The van der Waals surface area contributed by atoms with Gasteiger partial charge in [0.15, 0.2) is 0 Å². The van der Waals surface area contributed by atoms with Crippen LogP contribution in [0.5, 0.6) is 0 Å². The van der Waals surface area contributed by atoms with Crippen LogP contribution in [0.15, 0.2) is 43.0 Å². The number of nitrogens with zero attached hydrogens (tertiary/aromatic N) is 3. The molecule has 1 fully saturated rings. The lowest BCUT2D eigenvalue weighted by Crippen LogP contribution is -2.33. The lowest BCUT2D eigenvalue weighted by molar-refractivity contribution is -0.126. The van der Waals surface area contributed by atoms with E-state index in [4.69, 9.17) is 0 Å². The van der Waals surface area contributed by atoms with Gasteiger partial charge in [-0.05, 0) is 36.5 Å². The van der Waals surface area contributed by atoms with Crippen molar-refractivity contribution in [2.45, 2.75) is 45.6 Å². The largest absolute Gasteiger partial charge is 0.356 e. The van der Waals surface area contributed by atoms with Crippen LogP contribution in [0.4, 0.5) is 5.69 Å². The number of rotatable bonds is 8. The number of carbonyl (C=O) groups is 2. The molecule has 0 aliphatic carbocycles. The molecule has 2 heterocycles.